The molecule has 2 aromatic rings. The number of carbonyl (C=O) groups excluding carboxylic acids is 2. The molecule has 2 heterocycles. The number of anilines is 2. The number of carbonyl (C=O) groups is 2. The summed E-state index contributed by atoms with van der Waals surface area (Å²) in [4.78, 5) is 26.4. The molecule has 4 rings (SSSR count). The summed E-state index contributed by atoms with van der Waals surface area (Å²) in [5.41, 5.74) is 1.32. The van der Waals surface area contributed by atoms with Crippen LogP contribution in [0.25, 0.3) is 0 Å². The molecule has 2 amide bonds. The Bertz CT molecular complexity index is 882. The molecule has 7 nitrogen and oxygen atoms in total. The molecular weight excluding hydrogens is 348 g/mol. The van der Waals surface area contributed by atoms with E-state index in [0.29, 0.717) is 41.8 Å². The van der Waals surface area contributed by atoms with Crippen molar-refractivity contribution in [3.8, 4) is 17.2 Å². The summed E-state index contributed by atoms with van der Waals surface area (Å²) < 4.78 is 16.6. The highest BCUT2D eigenvalue weighted by Gasteiger charge is 2.31. The molecule has 1 atom stereocenters. The molecular formula is C20H20N2O5. The third-order valence-electron chi connectivity index (χ3n) is 4.46. The molecule has 0 aromatic heterocycles. The van der Waals surface area contributed by atoms with Gasteiger partial charge in [-0.3, -0.25) is 9.59 Å². The van der Waals surface area contributed by atoms with E-state index in [1.807, 2.05) is 24.3 Å². The van der Waals surface area contributed by atoms with Gasteiger partial charge in [-0.2, -0.15) is 0 Å². The number of rotatable bonds is 4. The van der Waals surface area contributed by atoms with Crippen LogP contribution in [0.4, 0.5) is 11.4 Å². The minimum Gasteiger partial charge on any atom is -0.486 e. The highest BCUT2D eigenvalue weighted by Crippen LogP contribution is 2.34. The first-order valence-corrected chi connectivity index (χ1v) is 8.88. The summed E-state index contributed by atoms with van der Waals surface area (Å²) in [7, 11) is 0. The van der Waals surface area contributed by atoms with Crippen LogP contribution in [0.15, 0.2) is 42.5 Å². The lowest BCUT2D eigenvalue weighted by atomic mass is 10.1. The predicted molar refractivity (Wildman–Crippen MR) is 99.6 cm³/mol. The van der Waals surface area contributed by atoms with Crippen LogP contribution >= 0.6 is 0 Å². The number of para-hydroxylation sites is 2. The van der Waals surface area contributed by atoms with E-state index in [1.165, 1.54) is 0 Å². The van der Waals surface area contributed by atoms with E-state index in [-0.39, 0.29) is 24.8 Å². The first-order valence-electron chi connectivity index (χ1n) is 8.88. The van der Waals surface area contributed by atoms with Gasteiger partial charge >= 0.3 is 0 Å². The molecule has 27 heavy (non-hydrogen) atoms. The van der Waals surface area contributed by atoms with Gasteiger partial charge in [0.2, 0.25) is 5.91 Å². The smallest absolute Gasteiger partial charge is 0.267 e. The second kappa shape index (κ2) is 7.19. The number of hydrogen-bond acceptors (Lipinski definition) is 5. The van der Waals surface area contributed by atoms with Crippen LogP contribution in [-0.4, -0.2) is 37.7 Å². The van der Waals surface area contributed by atoms with Crippen molar-refractivity contribution in [3.63, 3.8) is 0 Å². The molecule has 7 heteroatoms. The number of amides is 2. The minimum atomic E-state index is -0.569. The van der Waals surface area contributed by atoms with E-state index in [0.717, 1.165) is 0 Å². The topological polar surface area (TPSA) is 77.1 Å². The third kappa shape index (κ3) is 3.53. The summed E-state index contributed by atoms with van der Waals surface area (Å²) >= 11 is 0. The summed E-state index contributed by atoms with van der Waals surface area (Å²) in [6, 6.07) is 12.6. The normalized spacial score (nSPS) is 17.7. The fourth-order valence-electron chi connectivity index (χ4n) is 3.15. The highest BCUT2D eigenvalue weighted by atomic mass is 16.6. The Morgan fingerprint density at radius 2 is 1.89 bits per heavy atom. The van der Waals surface area contributed by atoms with Gasteiger partial charge < -0.3 is 24.4 Å². The predicted octanol–water partition coefficient (Wildman–Crippen LogP) is 2.60. The van der Waals surface area contributed by atoms with Gasteiger partial charge in [-0.05, 0) is 31.2 Å². The maximum Gasteiger partial charge on any atom is 0.267 e. The molecule has 0 bridgehead atoms. The van der Waals surface area contributed by atoms with Gasteiger partial charge in [0.05, 0.1) is 5.69 Å². The Hall–Kier alpha value is -3.22. The number of nitrogens with one attached hydrogen (secondary N) is 1. The summed E-state index contributed by atoms with van der Waals surface area (Å²) in [6.07, 6.45) is -0.401. The van der Waals surface area contributed by atoms with Crippen molar-refractivity contribution >= 4 is 23.2 Å². The molecule has 1 N–H and O–H groups in total. The molecule has 0 spiro atoms. The molecule has 2 aromatic carbocycles. The Morgan fingerprint density at radius 3 is 2.74 bits per heavy atom. The van der Waals surface area contributed by atoms with Crippen molar-refractivity contribution in [1.82, 2.24) is 0 Å². The zero-order valence-electron chi connectivity index (χ0n) is 14.9. The molecule has 0 unspecified atom stereocenters. The lowest BCUT2D eigenvalue weighted by molar-refractivity contribution is -0.125. The fraction of sp³-hybridized carbons (Fsp3) is 0.300. The second-order valence-electron chi connectivity index (χ2n) is 6.37. The summed E-state index contributed by atoms with van der Waals surface area (Å²) in [6.45, 7) is 2.99. The van der Waals surface area contributed by atoms with E-state index >= 15 is 0 Å². The molecule has 0 aliphatic carbocycles. The Kier molecular flexibility index (Phi) is 4.58. The SMILES string of the molecule is C[C@H]1Oc2ccccc2N(CCC(=O)Nc2ccc3c(c2)OCCO3)C1=O. The van der Waals surface area contributed by atoms with E-state index in [4.69, 9.17) is 14.2 Å². The quantitative estimate of drug-likeness (QED) is 0.898. The molecule has 2 aliphatic heterocycles. The van der Waals surface area contributed by atoms with Crippen LogP contribution in [-0.2, 0) is 9.59 Å². The van der Waals surface area contributed by atoms with Gasteiger partial charge in [-0.15, -0.1) is 0 Å². The summed E-state index contributed by atoms with van der Waals surface area (Å²) in [5, 5.41) is 2.84. The van der Waals surface area contributed by atoms with Gasteiger partial charge in [0, 0.05) is 24.7 Å². The first-order chi connectivity index (χ1) is 13.1. The average molecular weight is 368 g/mol. The van der Waals surface area contributed by atoms with Crippen molar-refractivity contribution in [1.29, 1.82) is 0 Å². The molecule has 0 saturated heterocycles. The molecule has 2 aliphatic rings. The van der Waals surface area contributed by atoms with E-state index in [9.17, 15) is 9.59 Å². The van der Waals surface area contributed by atoms with Gasteiger partial charge in [-0.25, -0.2) is 0 Å². The number of hydrogen-bond donors (Lipinski definition) is 1. The van der Waals surface area contributed by atoms with Crippen LogP contribution in [0.1, 0.15) is 13.3 Å². The second-order valence-corrected chi connectivity index (χ2v) is 6.37. The number of fused-ring (bicyclic) bond motifs is 2. The van der Waals surface area contributed by atoms with Crippen molar-refractivity contribution in [2.45, 2.75) is 19.4 Å². The standard InChI is InChI=1S/C20H20N2O5/c1-13-20(24)22(15-4-2-3-5-16(15)27-13)9-8-19(23)21-14-6-7-17-18(12-14)26-11-10-25-17/h2-7,12-13H,8-11H2,1H3,(H,21,23)/t13-/m1/s1. The molecule has 140 valence electrons. The van der Waals surface area contributed by atoms with Crippen molar-refractivity contribution in [2.24, 2.45) is 0 Å². The number of ether oxygens (including phenoxy) is 3. The van der Waals surface area contributed by atoms with Crippen LogP contribution in [0, 0.1) is 0 Å². The average Bonchev–Trinajstić information content (AvgIpc) is 2.68. The van der Waals surface area contributed by atoms with Crippen LogP contribution in [0.3, 0.4) is 0 Å². The largest absolute Gasteiger partial charge is 0.486 e. The minimum absolute atomic E-state index is 0.152. The van der Waals surface area contributed by atoms with Gasteiger partial charge in [0.1, 0.15) is 19.0 Å². The van der Waals surface area contributed by atoms with E-state index in [1.54, 1.807) is 30.0 Å². The van der Waals surface area contributed by atoms with Crippen LogP contribution < -0.4 is 24.4 Å². The Balaban J connectivity index is 1.41. The molecule has 0 radical (unpaired) electrons. The van der Waals surface area contributed by atoms with E-state index < -0.39 is 6.10 Å². The van der Waals surface area contributed by atoms with E-state index in [2.05, 4.69) is 5.32 Å². The lowest BCUT2D eigenvalue weighted by Crippen LogP contribution is -2.45. The highest BCUT2D eigenvalue weighted by molar-refractivity contribution is 6.00. The van der Waals surface area contributed by atoms with Crippen molar-refractivity contribution < 1.29 is 23.8 Å². The monoisotopic (exact) mass is 368 g/mol. The lowest BCUT2D eigenvalue weighted by Gasteiger charge is -2.32. The zero-order valence-corrected chi connectivity index (χ0v) is 14.9. The summed E-state index contributed by atoms with van der Waals surface area (Å²) in [5.74, 6) is 1.60. The number of benzene rings is 2. The van der Waals surface area contributed by atoms with Gasteiger partial charge in [0.15, 0.2) is 17.6 Å². The molecule has 0 fully saturated rings. The van der Waals surface area contributed by atoms with Gasteiger partial charge in [0.25, 0.3) is 5.91 Å². The van der Waals surface area contributed by atoms with Crippen LogP contribution in [0.5, 0.6) is 17.2 Å². The fourth-order valence-corrected chi connectivity index (χ4v) is 3.15. The maximum atomic E-state index is 12.5. The zero-order chi connectivity index (χ0) is 18.8. The first kappa shape index (κ1) is 17.2. The molecule has 0 saturated carbocycles. The van der Waals surface area contributed by atoms with Crippen molar-refractivity contribution in [2.75, 3.05) is 30.0 Å². The number of nitrogens with zero attached hydrogens (tertiary/aromatic N) is 1. The van der Waals surface area contributed by atoms with Crippen molar-refractivity contribution in [3.05, 3.63) is 42.5 Å². The maximum absolute atomic E-state index is 12.5. The van der Waals surface area contributed by atoms with Gasteiger partial charge in [-0.1, -0.05) is 12.1 Å². The van der Waals surface area contributed by atoms with Crippen LogP contribution in [0.2, 0.25) is 0 Å². The third-order valence-corrected chi connectivity index (χ3v) is 4.46. The Morgan fingerprint density at radius 1 is 1.11 bits per heavy atom. The Labute approximate surface area is 156 Å².